The SMILES string of the molecule is C[C@H](CCC(=O)O)[C@@H]1CC[C@H]2[C@@H]3CC[C@@H]4C[C@@H](O)CC[C@]4(C)[C@H]3C[C@H](O)[C@@]21C. The van der Waals surface area contributed by atoms with Crippen molar-refractivity contribution >= 4 is 5.97 Å². The predicted octanol–water partition coefficient (Wildman–Crippen LogP) is 4.48. The van der Waals surface area contributed by atoms with Crippen molar-refractivity contribution in [2.24, 2.45) is 46.3 Å². The van der Waals surface area contributed by atoms with Gasteiger partial charge in [-0.15, -0.1) is 0 Å². The molecule has 0 unspecified atom stereocenters. The molecule has 4 heteroatoms. The molecule has 0 aliphatic heterocycles. The first kappa shape index (κ1) is 20.7. The fourth-order valence-corrected chi connectivity index (χ4v) is 8.71. The van der Waals surface area contributed by atoms with Crippen molar-refractivity contribution in [3.63, 3.8) is 0 Å². The standard InChI is InChI=1S/C24H40O4/c1-14(4-9-22(27)28)18-7-8-19-17-6-5-15-12-16(25)10-11-23(15,2)20(17)13-21(26)24(18,19)3/h14-21,25-26H,4-13H2,1-3H3,(H,27,28)/t14-,15-,16+,17+,18+,19+,20+,21+,23+,24-/m1/s1. The second-order valence-corrected chi connectivity index (χ2v) is 11.3. The Kier molecular flexibility index (Phi) is 5.36. The molecule has 4 aliphatic rings. The molecule has 4 nitrogen and oxygen atoms in total. The maximum Gasteiger partial charge on any atom is 0.303 e. The second-order valence-electron chi connectivity index (χ2n) is 11.3. The van der Waals surface area contributed by atoms with Crippen LogP contribution in [-0.2, 0) is 4.79 Å². The fraction of sp³-hybridized carbons (Fsp3) is 0.958. The summed E-state index contributed by atoms with van der Waals surface area (Å²) in [5.41, 5.74) is 0.216. The zero-order chi connectivity index (χ0) is 20.3. The molecule has 0 amide bonds. The van der Waals surface area contributed by atoms with E-state index in [0.29, 0.717) is 35.5 Å². The molecule has 0 aromatic heterocycles. The van der Waals surface area contributed by atoms with E-state index in [4.69, 9.17) is 5.11 Å². The van der Waals surface area contributed by atoms with Crippen LogP contribution in [0, 0.1) is 46.3 Å². The first-order chi connectivity index (χ1) is 13.2. The fourth-order valence-electron chi connectivity index (χ4n) is 8.71. The van der Waals surface area contributed by atoms with Crippen LogP contribution in [0.4, 0.5) is 0 Å². The third-order valence-electron chi connectivity index (χ3n) is 10.3. The second kappa shape index (κ2) is 7.27. The lowest BCUT2D eigenvalue weighted by atomic mass is 9.43. The molecule has 4 fully saturated rings. The number of carbonyl (C=O) groups is 1. The van der Waals surface area contributed by atoms with Crippen molar-refractivity contribution in [2.75, 3.05) is 0 Å². The van der Waals surface area contributed by atoms with Gasteiger partial charge in [0, 0.05) is 6.42 Å². The highest BCUT2D eigenvalue weighted by Crippen LogP contribution is 2.68. The van der Waals surface area contributed by atoms with Crippen LogP contribution in [0.25, 0.3) is 0 Å². The summed E-state index contributed by atoms with van der Waals surface area (Å²) < 4.78 is 0. The Bertz CT molecular complexity index is 605. The van der Waals surface area contributed by atoms with Gasteiger partial charge in [0.15, 0.2) is 0 Å². The highest BCUT2D eigenvalue weighted by atomic mass is 16.4. The molecule has 0 saturated heterocycles. The first-order valence-corrected chi connectivity index (χ1v) is 11.8. The van der Waals surface area contributed by atoms with E-state index in [9.17, 15) is 15.0 Å². The molecule has 0 spiro atoms. The van der Waals surface area contributed by atoms with E-state index in [2.05, 4.69) is 20.8 Å². The molecular weight excluding hydrogens is 352 g/mol. The van der Waals surface area contributed by atoms with E-state index >= 15 is 0 Å². The minimum absolute atomic E-state index is 0.0591. The highest BCUT2D eigenvalue weighted by Gasteiger charge is 2.63. The molecule has 10 atom stereocenters. The van der Waals surface area contributed by atoms with Crippen molar-refractivity contribution < 1.29 is 20.1 Å². The smallest absolute Gasteiger partial charge is 0.303 e. The lowest BCUT2D eigenvalue weighted by Gasteiger charge is -2.62. The van der Waals surface area contributed by atoms with Gasteiger partial charge in [0.1, 0.15) is 0 Å². The van der Waals surface area contributed by atoms with Crippen molar-refractivity contribution in [2.45, 2.75) is 97.2 Å². The minimum atomic E-state index is -0.707. The van der Waals surface area contributed by atoms with Gasteiger partial charge in [-0.05, 0) is 104 Å². The van der Waals surface area contributed by atoms with Gasteiger partial charge in [-0.3, -0.25) is 4.79 Å². The summed E-state index contributed by atoms with van der Waals surface area (Å²) in [5.74, 6) is 2.55. The van der Waals surface area contributed by atoms with Crippen LogP contribution < -0.4 is 0 Å². The van der Waals surface area contributed by atoms with E-state index in [1.54, 1.807) is 0 Å². The molecule has 0 aromatic carbocycles. The zero-order valence-corrected chi connectivity index (χ0v) is 17.9. The number of carboxylic acids is 1. The van der Waals surface area contributed by atoms with Gasteiger partial charge in [-0.1, -0.05) is 20.8 Å². The van der Waals surface area contributed by atoms with Crippen LogP contribution in [0.5, 0.6) is 0 Å². The maximum absolute atomic E-state index is 11.5. The molecule has 4 aliphatic carbocycles. The summed E-state index contributed by atoms with van der Waals surface area (Å²) >= 11 is 0. The Labute approximate surface area is 170 Å². The lowest BCUT2D eigenvalue weighted by Crippen LogP contribution is -2.58. The van der Waals surface area contributed by atoms with E-state index < -0.39 is 5.97 Å². The quantitative estimate of drug-likeness (QED) is 0.659. The average Bonchev–Trinajstić information content (AvgIpc) is 3.00. The lowest BCUT2D eigenvalue weighted by molar-refractivity contribution is -0.175. The molecule has 0 aromatic rings. The maximum atomic E-state index is 11.5. The molecule has 4 rings (SSSR count). The molecule has 3 N–H and O–H groups in total. The molecule has 0 radical (unpaired) electrons. The number of aliphatic hydroxyl groups is 2. The molecule has 0 heterocycles. The average molecular weight is 393 g/mol. The number of rotatable bonds is 4. The molecule has 28 heavy (non-hydrogen) atoms. The van der Waals surface area contributed by atoms with Gasteiger partial charge in [-0.25, -0.2) is 0 Å². The summed E-state index contributed by atoms with van der Waals surface area (Å²) in [6.45, 7) is 6.99. The minimum Gasteiger partial charge on any atom is -0.481 e. The van der Waals surface area contributed by atoms with Crippen molar-refractivity contribution in [1.29, 1.82) is 0 Å². The molecule has 160 valence electrons. The van der Waals surface area contributed by atoms with Gasteiger partial charge in [0.25, 0.3) is 0 Å². The topological polar surface area (TPSA) is 77.8 Å². The Hall–Kier alpha value is -0.610. The van der Waals surface area contributed by atoms with Crippen molar-refractivity contribution in [3.05, 3.63) is 0 Å². The Morgan fingerprint density at radius 3 is 2.50 bits per heavy atom. The highest BCUT2D eigenvalue weighted by molar-refractivity contribution is 5.66. The Balaban J connectivity index is 1.56. The first-order valence-electron chi connectivity index (χ1n) is 11.8. The van der Waals surface area contributed by atoms with Crippen LogP contribution in [0.15, 0.2) is 0 Å². The monoisotopic (exact) mass is 392 g/mol. The number of aliphatic carboxylic acids is 1. The largest absolute Gasteiger partial charge is 0.481 e. The van der Waals surface area contributed by atoms with Crippen molar-refractivity contribution in [1.82, 2.24) is 0 Å². The molecule has 0 bridgehead atoms. The summed E-state index contributed by atoms with van der Waals surface area (Å²) in [4.78, 5) is 11.1. The molecule has 4 saturated carbocycles. The van der Waals surface area contributed by atoms with E-state index in [-0.39, 0.29) is 29.5 Å². The van der Waals surface area contributed by atoms with Gasteiger partial charge in [0.05, 0.1) is 12.2 Å². The zero-order valence-electron chi connectivity index (χ0n) is 17.9. The van der Waals surface area contributed by atoms with Gasteiger partial charge < -0.3 is 15.3 Å². The van der Waals surface area contributed by atoms with Crippen LogP contribution in [0.3, 0.4) is 0 Å². The summed E-state index contributed by atoms with van der Waals surface area (Å²) in [5, 5.41) is 30.8. The van der Waals surface area contributed by atoms with Crippen LogP contribution in [0.1, 0.15) is 85.0 Å². The van der Waals surface area contributed by atoms with E-state index in [1.165, 1.54) is 19.3 Å². The third-order valence-corrected chi connectivity index (χ3v) is 10.3. The normalized spacial score (nSPS) is 51.7. The summed E-state index contributed by atoms with van der Waals surface area (Å²) in [6.07, 6.45) is 9.26. The van der Waals surface area contributed by atoms with Crippen LogP contribution in [-0.4, -0.2) is 33.5 Å². The van der Waals surface area contributed by atoms with Gasteiger partial charge in [-0.2, -0.15) is 0 Å². The van der Waals surface area contributed by atoms with Crippen molar-refractivity contribution in [3.8, 4) is 0 Å². The predicted molar refractivity (Wildman–Crippen MR) is 109 cm³/mol. The van der Waals surface area contributed by atoms with E-state index in [0.717, 1.165) is 38.5 Å². The summed E-state index contributed by atoms with van der Waals surface area (Å²) in [7, 11) is 0. The van der Waals surface area contributed by atoms with E-state index in [1.807, 2.05) is 0 Å². The number of hydrogen-bond acceptors (Lipinski definition) is 3. The Morgan fingerprint density at radius 1 is 1.04 bits per heavy atom. The number of aliphatic hydroxyl groups excluding tert-OH is 2. The van der Waals surface area contributed by atoms with Gasteiger partial charge in [0.2, 0.25) is 0 Å². The number of hydrogen-bond donors (Lipinski definition) is 3. The Morgan fingerprint density at radius 2 is 1.79 bits per heavy atom. The van der Waals surface area contributed by atoms with Gasteiger partial charge >= 0.3 is 5.97 Å². The molecular formula is C24H40O4. The summed E-state index contributed by atoms with van der Waals surface area (Å²) in [6, 6.07) is 0. The van der Waals surface area contributed by atoms with Crippen LogP contribution >= 0.6 is 0 Å². The number of fused-ring (bicyclic) bond motifs is 5. The third kappa shape index (κ3) is 3.05. The van der Waals surface area contributed by atoms with Crippen LogP contribution in [0.2, 0.25) is 0 Å². The number of carboxylic acid groups (broad SMARTS) is 1.